The van der Waals surface area contributed by atoms with Gasteiger partial charge in [-0.3, -0.25) is 4.90 Å². The second kappa shape index (κ2) is 7.05. The lowest BCUT2D eigenvalue weighted by Crippen LogP contribution is -2.46. The molecule has 1 atom stereocenters. The van der Waals surface area contributed by atoms with Gasteiger partial charge in [0.1, 0.15) is 5.76 Å². The van der Waals surface area contributed by atoms with E-state index in [2.05, 4.69) is 4.90 Å². The number of likely N-dealkylation sites (tertiary alicyclic amines) is 1. The number of rotatable bonds is 4. The van der Waals surface area contributed by atoms with Crippen LogP contribution in [0.1, 0.15) is 30.7 Å². The van der Waals surface area contributed by atoms with E-state index in [1.54, 1.807) is 0 Å². The number of piperidine rings is 1. The van der Waals surface area contributed by atoms with Crippen LogP contribution in [0.3, 0.4) is 0 Å². The van der Waals surface area contributed by atoms with Gasteiger partial charge in [0.2, 0.25) is 5.89 Å². The van der Waals surface area contributed by atoms with Gasteiger partial charge in [0, 0.05) is 12.1 Å². The van der Waals surface area contributed by atoms with E-state index in [1.165, 1.54) is 12.8 Å². The van der Waals surface area contributed by atoms with E-state index < -0.39 is 0 Å². The van der Waals surface area contributed by atoms with Crippen LogP contribution in [0.4, 0.5) is 0 Å². The largest absolute Gasteiger partial charge is 0.441 e. The smallest absolute Gasteiger partial charge is 0.226 e. The average Bonchev–Trinajstić information content (AvgIpc) is 3.27. The van der Waals surface area contributed by atoms with Crippen molar-refractivity contribution in [2.45, 2.75) is 45.1 Å². The minimum absolute atomic E-state index is 0.0916. The fraction of sp³-hybridized carbons (Fsp3) is 0.526. The highest BCUT2D eigenvalue weighted by atomic mass is 16.7. The summed E-state index contributed by atoms with van der Waals surface area (Å²) in [6, 6.07) is 10.4. The first-order valence-corrected chi connectivity index (χ1v) is 8.80. The van der Waals surface area contributed by atoms with Gasteiger partial charge in [0.25, 0.3) is 0 Å². The van der Waals surface area contributed by atoms with E-state index in [9.17, 15) is 0 Å². The predicted molar refractivity (Wildman–Crippen MR) is 90.4 cm³/mol. The Bertz CT molecular complexity index is 665. The molecule has 0 aliphatic carbocycles. The fourth-order valence-corrected chi connectivity index (χ4v) is 3.59. The van der Waals surface area contributed by atoms with E-state index in [0.717, 1.165) is 36.5 Å². The van der Waals surface area contributed by atoms with Crippen molar-refractivity contribution in [3.05, 3.63) is 41.8 Å². The first-order chi connectivity index (χ1) is 11.8. The molecule has 0 radical (unpaired) electrons. The molecule has 0 amide bonds. The van der Waals surface area contributed by atoms with E-state index in [-0.39, 0.29) is 6.29 Å². The highest BCUT2D eigenvalue weighted by molar-refractivity contribution is 5.53. The van der Waals surface area contributed by atoms with Gasteiger partial charge >= 0.3 is 0 Å². The van der Waals surface area contributed by atoms with E-state index in [4.69, 9.17) is 18.9 Å². The quantitative estimate of drug-likeness (QED) is 0.861. The number of ether oxygens (including phenoxy) is 2. The average molecular weight is 328 g/mol. The van der Waals surface area contributed by atoms with Crippen molar-refractivity contribution < 1.29 is 13.9 Å². The Labute approximate surface area is 142 Å². The summed E-state index contributed by atoms with van der Waals surface area (Å²) in [7, 11) is 0. The van der Waals surface area contributed by atoms with Crippen molar-refractivity contribution in [3.8, 4) is 11.5 Å². The molecule has 2 saturated heterocycles. The first-order valence-electron chi connectivity index (χ1n) is 8.80. The molecule has 0 N–H and O–H groups in total. The van der Waals surface area contributed by atoms with Crippen LogP contribution in [0.2, 0.25) is 0 Å². The Hall–Kier alpha value is -1.69. The van der Waals surface area contributed by atoms with Crippen LogP contribution >= 0.6 is 0 Å². The Kier molecular flexibility index (Phi) is 4.65. The lowest BCUT2D eigenvalue weighted by Gasteiger charge is -2.37. The number of oxazole rings is 1. The highest BCUT2D eigenvalue weighted by Crippen LogP contribution is 2.28. The maximum absolute atomic E-state index is 5.90. The normalized spacial score (nSPS) is 23.0. The molecule has 2 aliphatic rings. The minimum atomic E-state index is -0.0916. The van der Waals surface area contributed by atoms with Gasteiger partial charge in [-0.25, -0.2) is 4.98 Å². The minimum Gasteiger partial charge on any atom is -0.441 e. The molecule has 3 heterocycles. The summed E-state index contributed by atoms with van der Waals surface area (Å²) in [4.78, 5) is 7.19. The summed E-state index contributed by atoms with van der Waals surface area (Å²) in [5, 5.41) is 0. The third-order valence-corrected chi connectivity index (χ3v) is 4.89. The molecule has 0 saturated carbocycles. The summed E-state index contributed by atoms with van der Waals surface area (Å²) in [5.41, 5.74) is 2.03. The van der Waals surface area contributed by atoms with Gasteiger partial charge in [0.05, 0.1) is 24.9 Å². The van der Waals surface area contributed by atoms with Gasteiger partial charge in [-0.15, -0.1) is 0 Å². The Morgan fingerprint density at radius 3 is 2.71 bits per heavy atom. The zero-order valence-electron chi connectivity index (χ0n) is 14.1. The summed E-state index contributed by atoms with van der Waals surface area (Å²) in [6.45, 7) is 5.25. The van der Waals surface area contributed by atoms with Crippen LogP contribution in [0, 0.1) is 6.92 Å². The number of hydrogen-bond donors (Lipinski definition) is 0. The number of benzene rings is 1. The highest BCUT2D eigenvalue weighted by Gasteiger charge is 2.34. The molecule has 5 heteroatoms. The molecule has 2 aliphatic heterocycles. The number of nitrogens with zero attached hydrogens (tertiary/aromatic N) is 2. The van der Waals surface area contributed by atoms with Crippen molar-refractivity contribution in [2.75, 3.05) is 19.8 Å². The van der Waals surface area contributed by atoms with Crippen LogP contribution in [0.15, 0.2) is 34.7 Å². The van der Waals surface area contributed by atoms with Crippen LogP contribution < -0.4 is 0 Å². The Morgan fingerprint density at radius 2 is 1.92 bits per heavy atom. The van der Waals surface area contributed by atoms with Crippen LogP contribution in [0.5, 0.6) is 0 Å². The number of hydrogen-bond acceptors (Lipinski definition) is 5. The lowest BCUT2D eigenvalue weighted by molar-refractivity contribution is -0.111. The second-order valence-electron chi connectivity index (χ2n) is 6.53. The topological polar surface area (TPSA) is 47.7 Å². The Balaban J connectivity index is 1.52. The molecular weight excluding hydrogens is 304 g/mol. The summed E-state index contributed by atoms with van der Waals surface area (Å²) >= 11 is 0. The van der Waals surface area contributed by atoms with Gasteiger partial charge in [0.15, 0.2) is 6.29 Å². The van der Waals surface area contributed by atoms with Gasteiger partial charge < -0.3 is 13.9 Å². The van der Waals surface area contributed by atoms with E-state index >= 15 is 0 Å². The number of aryl methyl sites for hydroxylation is 1. The molecule has 1 aromatic heterocycles. The molecule has 2 aromatic rings. The molecule has 0 spiro atoms. The van der Waals surface area contributed by atoms with Gasteiger partial charge in [-0.1, -0.05) is 24.6 Å². The van der Waals surface area contributed by atoms with E-state index in [1.807, 2.05) is 37.3 Å². The molecule has 4 rings (SSSR count). The van der Waals surface area contributed by atoms with Crippen molar-refractivity contribution in [2.24, 2.45) is 0 Å². The van der Waals surface area contributed by atoms with Crippen molar-refractivity contribution >= 4 is 0 Å². The summed E-state index contributed by atoms with van der Waals surface area (Å²) in [5.74, 6) is 1.59. The standard InChI is InChI=1S/C19H24N2O3/c1-14-16(20-18(24-14)15-7-3-2-4-8-15)13-21-10-6-5-9-17(21)19-22-11-12-23-19/h2-4,7-8,17,19H,5-6,9-13H2,1H3/t17-/m0/s1. The molecule has 0 bridgehead atoms. The zero-order valence-corrected chi connectivity index (χ0v) is 14.1. The number of aromatic nitrogens is 1. The Morgan fingerprint density at radius 1 is 1.12 bits per heavy atom. The van der Waals surface area contributed by atoms with Crippen LogP contribution in [-0.4, -0.2) is 42.0 Å². The molecule has 5 nitrogen and oxygen atoms in total. The molecule has 24 heavy (non-hydrogen) atoms. The summed E-state index contributed by atoms with van der Waals surface area (Å²) < 4.78 is 17.4. The SMILES string of the molecule is Cc1oc(-c2ccccc2)nc1CN1CCCC[C@H]1C1OCCO1. The van der Waals surface area contributed by atoms with Crippen LogP contribution in [-0.2, 0) is 16.0 Å². The molecule has 1 aromatic carbocycles. The maximum Gasteiger partial charge on any atom is 0.226 e. The second-order valence-corrected chi connectivity index (χ2v) is 6.53. The third-order valence-electron chi connectivity index (χ3n) is 4.89. The van der Waals surface area contributed by atoms with Crippen LogP contribution in [0.25, 0.3) is 11.5 Å². The van der Waals surface area contributed by atoms with Gasteiger partial charge in [-0.05, 0) is 38.4 Å². The molecule has 2 fully saturated rings. The van der Waals surface area contributed by atoms with Gasteiger partial charge in [-0.2, -0.15) is 0 Å². The molecular formula is C19H24N2O3. The predicted octanol–water partition coefficient (Wildman–Crippen LogP) is 3.38. The van der Waals surface area contributed by atoms with Crippen molar-refractivity contribution in [3.63, 3.8) is 0 Å². The summed E-state index contributed by atoms with van der Waals surface area (Å²) in [6.07, 6.45) is 3.47. The fourth-order valence-electron chi connectivity index (χ4n) is 3.59. The van der Waals surface area contributed by atoms with Crippen molar-refractivity contribution in [1.29, 1.82) is 0 Å². The first kappa shape index (κ1) is 15.8. The lowest BCUT2D eigenvalue weighted by atomic mass is 10.0. The molecule has 0 unspecified atom stereocenters. The molecule has 128 valence electrons. The monoisotopic (exact) mass is 328 g/mol. The third kappa shape index (κ3) is 3.24. The maximum atomic E-state index is 5.90. The zero-order chi connectivity index (χ0) is 16.4. The van der Waals surface area contributed by atoms with Crippen molar-refractivity contribution in [1.82, 2.24) is 9.88 Å². The van der Waals surface area contributed by atoms with E-state index in [0.29, 0.717) is 25.1 Å².